The Kier molecular flexibility index (Phi) is 17.2. The molecule has 0 spiro atoms. The zero-order valence-electron chi connectivity index (χ0n) is 7.11. The quantitative estimate of drug-likeness (QED) is 0.742. The van der Waals surface area contributed by atoms with Crippen molar-refractivity contribution in [3.63, 3.8) is 0 Å². The van der Waals surface area contributed by atoms with Crippen LogP contribution in [0.4, 0.5) is 0 Å². The average molecular weight is 236 g/mol. The normalized spacial score (nSPS) is 10.6. The summed E-state index contributed by atoms with van der Waals surface area (Å²) in [7, 11) is 1.35. The van der Waals surface area contributed by atoms with Gasteiger partial charge in [-0.3, -0.25) is 4.79 Å². The molecule has 0 heterocycles. The van der Waals surface area contributed by atoms with E-state index in [1.165, 1.54) is 7.11 Å². The van der Waals surface area contributed by atoms with Gasteiger partial charge in [0.1, 0.15) is 6.04 Å². The van der Waals surface area contributed by atoms with E-state index < -0.39 is 6.04 Å². The Morgan fingerprint density at radius 1 is 1.58 bits per heavy atom. The maximum absolute atomic E-state index is 10.7. The van der Waals surface area contributed by atoms with E-state index >= 15 is 0 Å². The van der Waals surface area contributed by atoms with Crippen LogP contribution >= 0.6 is 36.6 Å². The van der Waals surface area contributed by atoms with Crippen molar-refractivity contribution in [1.82, 2.24) is 0 Å². The zero-order valence-corrected chi connectivity index (χ0v) is 9.56. The topological polar surface area (TPSA) is 52.3 Å². The first-order valence-corrected chi connectivity index (χ1v) is 4.44. The van der Waals surface area contributed by atoms with Crippen LogP contribution in [-0.4, -0.2) is 31.1 Å². The predicted octanol–water partition coefficient (Wildman–Crippen LogP) is 1.08. The van der Waals surface area contributed by atoms with Gasteiger partial charge >= 0.3 is 5.97 Å². The summed E-state index contributed by atoms with van der Waals surface area (Å²) in [4.78, 5) is 10.7. The zero-order chi connectivity index (χ0) is 7.98. The minimum Gasteiger partial charge on any atom is -0.468 e. The van der Waals surface area contributed by atoms with E-state index in [0.29, 0.717) is 6.42 Å². The molecular formula is C6H15Cl2NO2S. The van der Waals surface area contributed by atoms with Gasteiger partial charge in [0.2, 0.25) is 0 Å². The molecule has 0 saturated carbocycles. The summed E-state index contributed by atoms with van der Waals surface area (Å²) in [6.45, 7) is 0. The molecule has 0 aromatic heterocycles. The molecule has 0 rings (SSSR count). The first-order valence-electron chi connectivity index (χ1n) is 3.04. The summed E-state index contributed by atoms with van der Waals surface area (Å²) < 4.78 is 4.44. The highest BCUT2D eigenvalue weighted by Crippen LogP contribution is 1.99. The van der Waals surface area contributed by atoms with Crippen LogP contribution < -0.4 is 5.73 Å². The number of hydrogen-bond acceptors (Lipinski definition) is 4. The minimum absolute atomic E-state index is 0. The van der Waals surface area contributed by atoms with Crippen LogP contribution in [0.2, 0.25) is 0 Å². The summed E-state index contributed by atoms with van der Waals surface area (Å²) >= 11 is 1.67. The molecule has 6 heteroatoms. The van der Waals surface area contributed by atoms with Crippen molar-refractivity contribution in [3.05, 3.63) is 0 Å². The summed E-state index contributed by atoms with van der Waals surface area (Å²) in [5.74, 6) is 0.574. The predicted molar refractivity (Wildman–Crippen MR) is 57.5 cm³/mol. The van der Waals surface area contributed by atoms with Crippen LogP contribution in [0.15, 0.2) is 0 Å². The number of carbonyl (C=O) groups is 1. The SMILES string of the molecule is COC(=O)C(N)CCSC.Cl.Cl. The van der Waals surface area contributed by atoms with Gasteiger partial charge in [0, 0.05) is 0 Å². The van der Waals surface area contributed by atoms with Gasteiger partial charge in [-0.05, 0) is 18.4 Å². The summed E-state index contributed by atoms with van der Waals surface area (Å²) in [5.41, 5.74) is 5.43. The third-order valence-electron chi connectivity index (χ3n) is 1.14. The van der Waals surface area contributed by atoms with E-state index in [2.05, 4.69) is 4.74 Å². The Morgan fingerprint density at radius 2 is 2.08 bits per heavy atom. The first-order chi connectivity index (χ1) is 4.72. The monoisotopic (exact) mass is 235 g/mol. The highest BCUT2D eigenvalue weighted by molar-refractivity contribution is 7.98. The number of carbonyl (C=O) groups excluding carboxylic acids is 1. The van der Waals surface area contributed by atoms with Crippen LogP contribution in [-0.2, 0) is 9.53 Å². The van der Waals surface area contributed by atoms with Gasteiger partial charge in [-0.2, -0.15) is 11.8 Å². The fourth-order valence-electron chi connectivity index (χ4n) is 0.514. The van der Waals surface area contributed by atoms with Crippen LogP contribution in [0.25, 0.3) is 0 Å². The van der Waals surface area contributed by atoms with Crippen molar-refractivity contribution < 1.29 is 9.53 Å². The van der Waals surface area contributed by atoms with Crippen molar-refractivity contribution in [1.29, 1.82) is 0 Å². The van der Waals surface area contributed by atoms with E-state index in [9.17, 15) is 4.79 Å². The molecular weight excluding hydrogens is 221 g/mol. The van der Waals surface area contributed by atoms with E-state index in [-0.39, 0.29) is 30.8 Å². The summed E-state index contributed by atoms with van der Waals surface area (Å²) in [6.07, 6.45) is 2.66. The Hall–Kier alpha value is 0.360. The Bertz CT molecular complexity index is 116. The molecule has 0 aliphatic rings. The van der Waals surface area contributed by atoms with Crippen LogP contribution in [0.1, 0.15) is 6.42 Å². The molecule has 0 radical (unpaired) electrons. The first kappa shape index (κ1) is 18.2. The number of hydrogen-bond donors (Lipinski definition) is 1. The third kappa shape index (κ3) is 8.46. The summed E-state index contributed by atoms with van der Waals surface area (Å²) in [6, 6.07) is -0.447. The van der Waals surface area contributed by atoms with Crippen molar-refractivity contribution >= 4 is 42.5 Å². The molecule has 0 aromatic rings. The van der Waals surface area contributed by atoms with Gasteiger partial charge in [-0.1, -0.05) is 0 Å². The third-order valence-corrected chi connectivity index (χ3v) is 1.78. The number of nitrogens with two attached hydrogens (primary N) is 1. The number of halogens is 2. The van der Waals surface area contributed by atoms with Gasteiger partial charge in [0.05, 0.1) is 7.11 Å². The van der Waals surface area contributed by atoms with Crippen molar-refractivity contribution in [2.24, 2.45) is 5.73 Å². The molecule has 12 heavy (non-hydrogen) atoms. The molecule has 0 amide bonds. The molecule has 76 valence electrons. The van der Waals surface area contributed by atoms with Crippen molar-refractivity contribution in [2.45, 2.75) is 12.5 Å². The molecule has 0 fully saturated rings. The maximum Gasteiger partial charge on any atom is 0.322 e. The molecule has 0 aliphatic heterocycles. The number of thioether (sulfide) groups is 1. The lowest BCUT2D eigenvalue weighted by Gasteiger charge is -2.06. The molecule has 0 bridgehead atoms. The highest BCUT2D eigenvalue weighted by Gasteiger charge is 2.11. The number of esters is 1. The average Bonchev–Trinajstić information content (AvgIpc) is 1.98. The van der Waals surface area contributed by atoms with Gasteiger partial charge in [0.25, 0.3) is 0 Å². The lowest BCUT2D eigenvalue weighted by molar-refractivity contribution is -0.142. The second-order valence-electron chi connectivity index (χ2n) is 1.91. The number of methoxy groups -OCH3 is 1. The second-order valence-corrected chi connectivity index (χ2v) is 2.90. The van der Waals surface area contributed by atoms with E-state index in [0.717, 1.165) is 5.75 Å². The minimum atomic E-state index is -0.447. The Balaban J connectivity index is -0.000000405. The van der Waals surface area contributed by atoms with Gasteiger partial charge < -0.3 is 10.5 Å². The lowest BCUT2D eigenvalue weighted by atomic mass is 10.2. The van der Waals surface area contributed by atoms with E-state index in [1.54, 1.807) is 11.8 Å². The summed E-state index contributed by atoms with van der Waals surface area (Å²) in [5, 5.41) is 0. The Morgan fingerprint density at radius 3 is 2.42 bits per heavy atom. The Labute approximate surface area is 89.6 Å². The van der Waals surface area contributed by atoms with Gasteiger partial charge in [0.15, 0.2) is 0 Å². The fraction of sp³-hybridized carbons (Fsp3) is 0.833. The van der Waals surface area contributed by atoms with Crippen LogP contribution in [0.5, 0.6) is 0 Å². The molecule has 0 saturated heterocycles. The van der Waals surface area contributed by atoms with Crippen molar-refractivity contribution in [2.75, 3.05) is 19.1 Å². The van der Waals surface area contributed by atoms with Crippen molar-refractivity contribution in [3.8, 4) is 0 Å². The second kappa shape index (κ2) is 11.4. The largest absolute Gasteiger partial charge is 0.468 e. The molecule has 0 aromatic carbocycles. The molecule has 3 nitrogen and oxygen atoms in total. The maximum atomic E-state index is 10.7. The van der Waals surface area contributed by atoms with Crippen LogP contribution in [0, 0.1) is 0 Å². The molecule has 1 unspecified atom stereocenters. The van der Waals surface area contributed by atoms with E-state index in [4.69, 9.17) is 5.73 Å². The molecule has 1 atom stereocenters. The standard InChI is InChI=1S/C6H13NO2S.2ClH/c1-9-6(8)5(7)3-4-10-2;;/h5H,3-4,7H2,1-2H3;2*1H. The van der Waals surface area contributed by atoms with Crippen LogP contribution in [0.3, 0.4) is 0 Å². The lowest BCUT2D eigenvalue weighted by Crippen LogP contribution is -2.31. The van der Waals surface area contributed by atoms with Gasteiger partial charge in [-0.15, -0.1) is 24.8 Å². The van der Waals surface area contributed by atoms with Gasteiger partial charge in [-0.25, -0.2) is 0 Å². The molecule has 2 N–H and O–H groups in total. The molecule has 0 aliphatic carbocycles. The number of ether oxygens (including phenoxy) is 1. The smallest absolute Gasteiger partial charge is 0.322 e. The number of rotatable bonds is 4. The highest BCUT2D eigenvalue weighted by atomic mass is 35.5. The fourth-order valence-corrected chi connectivity index (χ4v) is 1.00. The van der Waals surface area contributed by atoms with E-state index in [1.807, 2.05) is 6.26 Å².